The lowest BCUT2D eigenvalue weighted by Crippen LogP contribution is -2.39. The number of hydrogen-bond acceptors (Lipinski definition) is 6. The van der Waals surface area contributed by atoms with E-state index in [0.29, 0.717) is 31.1 Å². The van der Waals surface area contributed by atoms with Crippen molar-refractivity contribution in [3.8, 4) is 11.8 Å². The largest absolute Gasteiger partial charge is 0.467 e. The van der Waals surface area contributed by atoms with Crippen molar-refractivity contribution in [2.45, 2.75) is 45.3 Å². The van der Waals surface area contributed by atoms with Crippen molar-refractivity contribution in [1.29, 1.82) is 5.26 Å². The summed E-state index contributed by atoms with van der Waals surface area (Å²) in [6, 6.07) is 7.29. The lowest BCUT2D eigenvalue weighted by Gasteiger charge is -2.27. The van der Waals surface area contributed by atoms with Crippen LogP contribution in [0, 0.1) is 11.3 Å². The molecule has 0 saturated carbocycles. The molecule has 1 fully saturated rings. The molecule has 0 N–H and O–H groups in total. The second-order valence-corrected chi connectivity index (χ2v) is 7.77. The third kappa shape index (κ3) is 7.41. The zero-order valence-corrected chi connectivity index (χ0v) is 17.6. The van der Waals surface area contributed by atoms with Crippen molar-refractivity contribution in [3.05, 3.63) is 35.4 Å². The number of benzene rings is 1. The van der Waals surface area contributed by atoms with Crippen molar-refractivity contribution in [1.82, 2.24) is 4.90 Å². The summed E-state index contributed by atoms with van der Waals surface area (Å²) in [7, 11) is 1.61. The van der Waals surface area contributed by atoms with Gasteiger partial charge in [0.15, 0.2) is 6.79 Å². The Hall–Kier alpha value is -2.56. The molecule has 1 aromatic rings. The van der Waals surface area contributed by atoms with Crippen LogP contribution >= 0.6 is 0 Å². The predicted octanol–water partition coefficient (Wildman–Crippen LogP) is 3.97. The maximum atomic E-state index is 12.5. The molecule has 0 radical (unpaired) electrons. The van der Waals surface area contributed by atoms with Crippen LogP contribution in [0.1, 0.15) is 44.7 Å². The van der Waals surface area contributed by atoms with Gasteiger partial charge in [-0.25, -0.2) is 4.79 Å². The molecule has 7 heteroatoms. The molecule has 0 spiro atoms. The predicted molar refractivity (Wildman–Crippen MR) is 109 cm³/mol. The molecule has 0 bridgehead atoms. The Morgan fingerprint density at radius 3 is 2.83 bits per heavy atom. The Labute approximate surface area is 172 Å². The Morgan fingerprint density at radius 2 is 2.14 bits per heavy atom. The number of methoxy groups -OCH3 is 1. The molecule has 1 heterocycles. The molecule has 1 saturated heterocycles. The molecule has 0 aromatic heterocycles. The van der Waals surface area contributed by atoms with Crippen LogP contribution < -0.4 is 4.74 Å². The van der Waals surface area contributed by atoms with Gasteiger partial charge in [0.25, 0.3) is 0 Å². The summed E-state index contributed by atoms with van der Waals surface area (Å²) in [4.78, 5) is 14.2. The highest BCUT2D eigenvalue weighted by Crippen LogP contribution is 2.26. The SMILES string of the molecule is COCCOCOc1ccc(C#N)cc1C=CC1CCCN1C(=O)OC(C)(C)C. The molecule has 0 aliphatic carbocycles. The highest BCUT2D eigenvalue weighted by molar-refractivity contribution is 5.70. The molecule has 1 aliphatic rings. The van der Waals surface area contributed by atoms with Crippen molar-refractivity contribution in [2.75, 3.05) is 33.7 Å². The van der Waals surface area contributed by atoms with Gasteiger partial charge in [-0.05, 0) is 51.8 Å². The minimum Gasteiger partial charge on any atom is -0.467 e. The normalized spacial score (nSPS) is 16.8. The molecule has 1 unspecified atom stereocenters. The Morgan fingerprint density at radius 1 is 1.34 bits per heavy atom. The number of amides is 1. The van der Waals surface area contributed by atoms with Gasteiger partial charge < -0.3 is 23.8 Å². The summed E-state index contributed by atoms with van der Waals surface area (Å²) >= 11 is 0. The van der Waals surface area contributed by atoms with Crippen molar-refractivity contribution in [2.24, 2.45) is 0 Å². The third-order valence-corrected chi connectivity index (χ3v) is 4.29. The molecule has 1 aromatic carbocycles. The second kappa shape index (κ2) is 10.8. The van der Waals surface area contributed by atoms with E-state index in [-0.39, 0.29) is 18.9 Å². The molecular formula is C22H30N2O5. The van der Waals surface area contributed by atoms with Crippen molar-refractivity contribution in [3.63, 3.8) is 0 Å². The van der Waals surface area contributed by atoms with Crippen LogP contribution in [0.3, 0.4) is 0 Å². The van der Waals surface area contributed by atoms with E-state index < -0.39 is 5.60 Å². The first-order chi connectivity index (χ1) is 13.8. The van der Waals surface area contributed by atoms with Crippen LogP contribution in [-0.4, -0.2) is 56.3 Å². The first-order valence-electron chi connectivity index (χ1n) is 9.75. The van der Waals surface area contributed by atoms with E-state index in [2.05, 4.69) is 6.07 Å². The van der Waals surface area contributed by atoms with Crippen LogP contribution in [0.2, 0.25) is 0 Å². The fraction of sp³-hybridized carbons (Fsp3) is 0.545. The van der Waals surface area contributed by atoms with E-state index in [4.69, 9.17) is 18.9 Å². The van der Waals surface area contributed by atoms with Gasteiger partial charge in [-0.1, -0.05) is 12.2 Å². The highest BCUT2D eigenvalue weighted by Gasteiger charge is 2.30. The van der Waals surface area contributed by atoms with E-state index >= 15 is 0 Å². The van der Waals surface area contributed by atoms with Gasteiger partial charge >= 0.3 is 6.09 Å². The fourth-order valence-corrected chi connectivity index (χ4v) is 2.94. The first-order valence-corrected chi connectivity index (χ1v) is 9.75. The summed E-state index contributed by atoms with van der Waals surface area (Å²) < 4.78 is 21.5. The summed E-state index contributed by atoms with van der Waals surface area (Å²) in [6.45, 7) is 7.26. The summed E-state index contributed by atoms with van der Waals surface area (Å²) in [5.74, 6) is 0.611. The maximum absolute atomic E-state index is 12.5. The lowest BCUT2D eigenvalue weighted by atomic mass is 10.1. The first kappa shape index (κ1) is 22.7. The van der Waals surface area contributed by atoms with Crippen LogP contribution in [0.15, 0.2) is 24.3 Å². The average molecular weight is 402 g/mol. The van der Waals surface area contributed by atoms with Gasteiger partial charge in [0.1, 0.15) is 11.4 Å². The highest BCUT2D eigenvalue weighted by atomic mass is 16.7. The summed E-state index contributed by atoms with van der Waals surface area (Å²) in [5.41, 5.74) is 0.766. The zero-order chi connectivity index (χ0) is 21.3. The molecule has 2 rings (SSSR count). The average Bonchev–Trinajstić information content (AvgIpc) is 3.14. The van der Waals surface area contributed by atoms with Crippen LogP contribution in [-0.2, 0) is 14.2 Å². The monoisotopic (exact) mass is 402 g/mol. The maximum Gasteiger partial charge on any atom is 0.410 e. The Bertz CT molecular complexity index is 749. The molecule has 158 valence electrons. The van der Waals surface area contributed by atoms with E-state index in [0.717, 1.165) is 18.4 Å². The summed E-state index contributed by atoms with van der Waals surface area (Å²) in [5, 5.41) is 9.21. The number of nitriles is 1. The lowest BCUT2D eigenvalue weighted by molar-refractivity contribution is -0.00856. The number of rotatable bonds is 8. The van der Waals surface area contributed by atoms with Crippen LogP contribution in [0.5, 0.6) is 5.75 Å². The molecule has 1 aliphatic heterocycles. The minimum atomic E-state index is -0.529. The number of carbonyl (C=O) groups excluding carboxylic acids is 1. The molecule has 7 nitrogen and oxygen atoms in total. The van der Waals surface area contributed by atoms with Gasteiger partial charge in [-0.2, -0.15) is 5.26 Å². The zero-order valence-electron chi connectivity index (χ0n) is 17.6. The smallest absolute Gasteiger partial charge is 0.410 e. The quantitative estimate of drug-likeness (QED) is 0.483. The fourth-order valence-electron chi connectivity index (χ4n) is 2.94. The number of likely N-dealkylation sites (tertiary alicyclic amines) is 1. The van der Waals surface area contributed by atoms with Gasteiger partial charge in [0, 0.05) is 19.2 Å². The van der Waals surface area contributed by atoms with E-state index in [1.54, 1.807) is 30.2 Å². The molecule has 29 heavy (non-hydrogen) atoms. The van der Waals surface area contributed by atoms with E-state index in [1.807, 2.05) is 32.9 Å². The van der Waals surface area contributed by atoms with E-state index in [9.17, 15) is 10.1 Å². The number of nitrogens with zero attached hydrogens (tertiary/aromatic N) is 2. The van der Waals surface area contributed by atoms with Gasteiger partial charge in [-0.15, -0.1) is 0 Å². The van der Waals surface area contributed by atoms with Crippen LogP contribution in [0.4, 0.5) is 4.79 Å². The second-order valence-electron chi connectivity index (χ2n) is 7.77. The minimum absolute atomic E-state index is 0.0543. The standard InChI is InChI=1S/C22H30N2O5/c1-22(2,3)29-21(25)24-11-5-6-19(24)9-8-18-14-17(15-23)7-10-20(18)28-16-27-13-12-26-4/h7-10,14,19H,5-6,11-13,16H2,1-4H3. The van der Waals surface area contributed by atoms with Crippen LogP contribution in [0.25, 0.3) is 6.08 Å². The van der Waals surface area contributed by atoms with Crippen molar-refractivity contribution < 1.29 is 23.7 Å². The van der Waals surface area contributed by atoms with Gasteiger partial charge in [0.2, 0.25) is 0 Å². The molecule has 1 atom stereocenters. The topological polar surface area (TPSA) is 81.0 Å². The Kier molecular flexibility index (Phi) is 8.50. The van der Waals surface area contributed by atoms with Crippen molar-refractivity contribution >= 4 is 12.2 Å². The molecule has 1 amide bonds. The van der Waals surface area contributed by atoms with E-state index in [1.165, 1.54) is 0 Å². The molecular weight excluding hydrogens is 372 g/mol. The Balaban J connectivity index is 2.09. The number of ether oxygens (including phenoxy) is 4. The third-order valence-electron chi connectivity index (χ3n) is 4.29. The summed E-state index contributed by atoms with van der Waals surface area (Å²) in [6.07, 6.45) is 5.33. The van der Waals surface area contributed by atoms with Gasteiger partial charge in [-0.3, -0.25) is 0 Å². The number of hydrogen-bond donors (Lipinski definition) is 0. The number of carbonyl (C=O) groups is 1. The van der Waals surface area contributed by atoms with Gasteiger partial charge in [0.05, 0.1) is 30.9 Å².